The fraction of sp³-hybridized carbons (Fsp3) is 1.00. The fourth-order valence-corrected chi connectivity index (χ4v) is 0.530. The third-order valence-corrected chi connectivity index (χ3v) is 6.30. The zero-order valence-electron chi connectivity index (χ0n) is 6.99. The van der Waals surface area contributed by atoms with Gasteiger partial charge < -0.3 is 4.34 Å². The van der Waals surface area contributed by atoms with Crippen molar-refractivity contribution in [2.75, 3.05) is 0 Å². The van der Waals surface area contributed by atoms with E-state index in [-0.39, 0.29) is 5.04 Å². The van der Waals surface area contributed by atoms with Crippen LogP contribution in [0.15, 0.2) is 0 Å². The summed E-state index contributed by atoms with van der Waals surface area (Å²) < 4.78 is 4.94. The Morgan fingerprint density at radius 3 is 1.56 bits per heavy atom. The molecular weight excluding hydrogens is 127 g/mol. The number of hydrogen-bond donors (Lipinski definition) is 0. The SMILES string of the molecule is [B]O[Si](C)(C)C(C)(C)C. The van der Waals surface area contributed by atoms with E-state index in [4.69, 9.17) is 12.4 Å². The minimum Gasteiger partial charge on any atom is -0.484 e. The molecule has 0 spiro atoms. The lowest BCUT2D eigenvalue weighted by Crippen LogP contribution is -2.39. The van der Waals surface area contributed by atoms with Crippen LogP contribution in [0.25, 0.3) is 0 Å². The summed E-state index contributed by atoms with van der Waals surface area (Å²) in [6.45, 7) is 10.7. The molecule has 0 atom stereocenters. The molecule has 0 aromatic carbocycles. The first-order chi connectivity index (χ1) is 3.81. The largest absolute Gasteiger partial charge is 0.484 e. The van der Waals surface area contributed by atoms with Gasteiger partial charge in [0.05, 0.1) is 0 Å². The van der Waals surface area contributed by atoms with Gasteiger partial charge in [0.15, 0.2) is 8.32 Å². The molecule has 52 valence electrons. The van der Waals surface area contributed by atoms with Gasteiger partial charge in [-0.3, -0.25) is 0 Å². The van der Waals surface area contributed by atoms with Gasteiger partial charge in [0.2, 0.25) is 0 Å². The smallest absolute Gasteiger partial charge is 0.263 e. The summed E-state index contributed by atoms with van der Waals surface area (Å²) in [6, 6.07) is 0. The van der Waals surface area contributed by atoms with Gasteiger partial charge in [0.25, 0.3) is 8.05 Å². The topological polar surface area (TPSA) is 9.23 Å². The Morgan fingerprint density at radius 2 is 1.56 bits per heavy atom. The Labute approximate surface area is 60.4 Å². The van der Waals surface area contributed by atoms with Crippen LogP contribution < -0.4 is 0 Å². The van der Waals surface area contributed by atoms with Gasteiger partial charge in [-0.05, 0) is 18.1 Å². The molecule has 2 radical (unpaired) electrons. The van der Waals surface area contributed by atoms with Crippen molar-refractivity contribution in [2.24, 2.45) is 0 Å². The molecule has 1 nitrogen and oxygen atoms in total. The molecule has 0 saturated heterocycles. The van der Waals surface area contributed by atoms with Crippen molar-refractivity contribution in [2.45, 2.75) is 38.9 Å². The first-order valence-corrected chi connectivity index (χ1v) is 6.10. The molecule has 0 bridgehead atoms. The zero-order chi connectivity index (χ0) is 7.71. The van der Waals surface area contributed by atoms with Crippen molar-refractivity contribution in [3.05, 3.63) is 0 Å². The van der Waals surface area contributed by atoms with E-state index >= 15 is 0 Å². The lowest BCUT2D eigenvalue weighted by Gasteiger charge is -2.35. The molecule has 0 aromatic rings. The summed E-state index contributed by atoms with van der Waals surface area (Å²) in [5.41, 5.74) is 0. The molecule has 0 rings (SSSR count). The number of rotatable bonds is 1. The zero-order valence-corrected chi connectivity index (χ0v) is 7.99. The first kappa shape index (κ1) is 9.24. The molecular formula is C6H15BOSi. The third-order valence-electron chi connectivity index (χ3n) is 2.10. The highest BCUT2D eigenvalue weighted by atomic mass is 28.4. The lowest BCUT2D eigenvalue weighted by molar-refractivity contribution is 0.530. The highest BCUT2D eigenvalue weighted by molar-refractivity contribution is 6.76. The van der Waals surface area contributed by atoms with Crippen molar-refractivity contribution >= 4 is 16.4 Å². The minimum atomic E-state index is -1.60. The molecule has 0 amide bonds. The predicted octanol–water partition coefficient (Wildman–Crippen LogP) is 2.09. The Kier molecular flexibility index (Phi) is 2.53. The van der Waals surface area contributed by atoms with E-state index in [0.717, 1.165) is 0 Å². The maximum Gasteiger partial charge on any atom is 0.263 e. The molecule has 0 aromatic heterocycles. The van der Waals surface area contributed by atoms with Crippen LogP contribution in [0.3, 0.4) is 0 Å². The first-order valence-electron chi connectivity index (χ1n) is 3.19. The maximum absolute atomic E-state index is 5.15. The van der Waals surface area contributed by atoms with E-state index < -0.39 is 8.32 Å². The molecule has 0 heterocycles. The van der Waals surface area contributed by atoms with Crippen LogP contribution in [0.1, 0.15) is 20.8 Å². The van der Waals surface area contributed by atoms with Crippen LogP contribution >= 0.6 is 0 Å². The van der Waals surface area contributed by atoms with Crippen molar-refractivity contribution in [3.63, 3.8) is 0 Å². The normalized spacial score (nSPS) is 13.9. The monoisotopic (exact) mass is 142 g/mol. The Balaban J connectivity index is 4.14. The summed E-state index contributed by atoms with van der Waals surface area (Å²) in [4.78, 5) is 0. The molecule has 0 aliphatic carbocycles. The van der Waals surface area contributed by atoms with E-state index in [1.54, 1.807) is 0 Å². The second kappa shape index (κ2) is 2.47. The highest BCUT2D eigenvalue weighted by Crippen LogP contribution is 2.35. The van der Waals surface area contributed by atoms with E-state index in [1.807, 2.05) is 0 Å². The molecule has 0 saturated carbocycles. The van der Waals surface area contributed by atoms with Gasteiger partial charge in [-0.1, -0.05) is 20.8 Å². The van der Waals surface area contributed by atoms with E-state index in [2.05, 4.69) is 33.9 Å². The van der Waals surface area contributed by atoms with Crippen LogP contribution in [0.2, 0.25) is 18.1 Å². The molecule has 0 unspecified atom stereocenters. The van der Waals surface area contributed by atoms with E-state index in [1.165, 1.54) is 0 Å². The lowest BCUT2D eigenvalue weighted by atomic mass is 10.2. The molecule has 0 fully saturated rings. The average molecular weight is 142 g/mol. The van der Waals surface area contributed by atoms with E-state index in [0.29, 0.717) is 0 Å². The molecule has 3 heteroatoms. The van der Waals surface area contributed by atoms with Crippen LogP contribution in [-0.2, 0) is 4.34 Å². The summed E-state index contributed by atoms with van der Waals surface area (Å²) >= 11 is 0. The van der Waals surface area contributed by atoms with Crippen LogP contribution in [0.5, 0.6) is 0 Å². The van der Waals surface area contributed by atoms with Crippen LogP contribution in [-0.4, -0.2) is 16.4 Å². The summed E-state index contributed by atoms with van der Waals surface area (Å²) in [7, 11) is 3.55. The molecule has 0 aliphatic heterocycles. The van der Waals surface area contributed by atoms with Gasteiger partial charge in [-0.25, -0.2) is 0 Å². The Bertz CT molecular complexity index is 95.7. The van der Waals surface area contributed by atoms with Crippen molar-refractivity contribution in [1.29, 1.82) is 0 Å². The number of hydrogen-bond acceptors (Lipinski definition) is 1. The highest BCUT2D eigenvalue weighted by Gasteiger charge is 2.34. The van der Waals surface area contributed by atoms with E-state index in [9.17, 15) is 0 Å². The summed E-state index contributed by atoms with van der Waals surface area (Å²) in [5, 5.41) is 0.238. The van der Waals surface area contributed by atoms with Gasteiger partial charge in [-0.15, -0.1) is 0 Å². The summed E-state index contributed by atoms with van der Waals surface area (Å²) in [6.07, 6.45) is 0. The van der Waals surface area contributed by atoms with Crippen molar-refractivity contribution < 1.29 is 4.34 Å². The van der Waals surface area contributed by atoms with Gasteiger partial charge >= 0.3 is 0 Å². The predicted molar refractivity (Wildman–Crippen MR) is 44.0 cm³/mol. The van der Waals surface area contributed by atoms with Gasteiger partial charge in [-0.2, -0.15) is 0 Å². The molecule has 0 N–H and O–H groups in total. The standard InChI is InChI=1S/C6H15BOSi/c1-6(2,3)9(4,5)8-7/h1-5H3. The van der Waals surface area contributed by atoms with Crippen LogP contribution in [0.4, 0.5) is 0 Å². The van der Waals surface area contributed by atoms with Crippen molar-refractivity contribution in [3.8, 4) is 0 Å². The van der Waals surface area contributed by atoms with Crippen LogP contribution in [0, 0.1) is 0 Å². The summed E-state index contributed by atoms with van der Waals surface area (Å²) in [5.74, 6) is 0. The Morgan fingerprint density at radius 1 is 1.22 bits per heavy atom. The van der Waals surface area contributed by atoms with Gasteiger partial charge in [0.1, 0.15) is 0 Å². The second-order valence-electron chi connectivity index (χ2n) is 3.88. The van der Waals surface area contributed by atoms with Crippen molar-refractivity contribution in [1.82, 2.24) is 0 Å². The Hall–Kier alpha value is 0.242. The van der Waals surface area contributed by atoms with Gasteiger partial charge in [0, 0.05) is 0 Å². The minimum absolute atomic E-state index is 0.238. The third kappa shape index (κ3) is 2.14. The quantitative estimate of drug-likeness (QED) is 0.509. The second-order valence-corrected chi connectivity index (χ2v) is 8.63. The molecule has 0 aliphatic rings. The maximum atomic E-state index is 5.15. The molecule has 9 heavy (non-hydrogen) atoms. The average Bonchev–Trinajstić information content (AvgIpc) is 1.64. The fourth-order valence-electron chi connectivity index (χ4n) is 0.177.